The van der Waals surface area contributed by atoms with Crippen LogP contribution >= 0.6 is 27.3 Å². The van der Waals surface area contributed by atoms with E-state index in [2.05, 4.69) is 21.2 Å². The van der Waals surface area contributed by atoms with Crippen LogP contribution in [0.2, 0.25) is 0 Å². The molecule has 0 spiro atoms. The van der Waals surface area contributed by atoms with Gasteiger partial charge in [0.15, 0.2) is 0 Å². The molecule has 0 aliphatic heterocycles. The highest BCUT2D eigenvalue weighted by atomic mass is 79.9. The summed E-state index contributed by atoms with van der Waals surface area (Å²) < 4.78 is 0.894. The molecular formula is C15H14BrNO3S. The third-order valence-corrected chi connectivity index (χ3v) is 4.88. The van der Waals surface area contributed by atoms with Crippen LogP contribution in [-0.4, -0.2) is 17.0 Å². The SMILES string of the molecule is Cc1cc(Br)ccc1C(=O)Nc1sc(C)c(C)c1C(=O)O. The van der Waals surface area contributed by atoms with Crippen LogP contribution in [0.3, 0.4) is 0 Å². The Hall–Kier alpha value is -1.66. The lowest BCUT2D eigenvalue weighted by Crippen LogP contribution is -2.14. The third-order valence-electron chi connectivity index (χ3n) is 3.26. The predicted molar refractivity (Wildman–Crippen MR) is 87.6 cm³/mol. The van der Waals surface area contributed by atoms with E-state index in [4.69, 9.17) is 0 Å². The fourth-order valence-electron chi connectivity index (χ4n) is 2.02. The smallest absolute Gasteiger partial charge is 0.338 e. The lowest BCUT2D eigenvalue weighted by Gasteiger charge is -2.07. The fourth-order valence-corrected chi connectivity index (χ4v) is 3.55. The largest absolute Gasteiger partial charge is 0.478 e. The van der Waals surface area contributed by atoms with Crippen molar-refractivity contribution in [3.63, 3.8) is 0 Å². The normalized spacial score (nSPS) is 10.5. The van der Waals surface area contributed by atoms with Crippen molar-refractivity contribution < 1.29 is 14.7 Å². The minimum atomic E-state index is -1.03. The van der Waals surface area contributed by atoms with Gasteiger partial charge in [-0.05, 0) is 50.1 Å². The van der Waals surface area contributed by atoms with Crippen LogP contribution in [0.4, 0.5) is 5.00 Å². The Kier molecular flexibility index (Phi) is 4.49. The summed E-state index contributed by atoms with van der Waals surface area (Å²) in [5.41, 5.74) is 2.21. The van der Waals surface area contributed by atoms with Gasteiger partial charge in [-0.15, -0.1) is 11.3 Å². The number of benzene rings is 1. The molecule has 0 saturated heterocycles. The van der Waals surface area contributed by atoms with Crippen molar-refractivity contribution in [1.29, 1.82) is 0 Å². The molecule has 1 aromatic heterocycles. The summed E-state index contributed by atoms with van der Waals surface area (Å²) in [5.74, 6) is -1.33. The molecule has 0 aliphatic carbocycles. The van der Waals surface area contributed by atoms with Gasteiger partial charge in [0, 0.05) is 14.9 Å². The van der Waals surface area contributed by atoms with Crippen LogP contribution in [0.5, 0.6) is 0 Å². The van der Waals surface area contributed by atoms with Gasteiger partial charge < -0.3 is 10.4 Å². The number of halogens is 1. The monoisotopic (exact) mass is 367 g/mol. The Balaban J connectivity index is 2.36. The van der Waals surface area contributed by atoms with Gasteiger partial charge in [-0.3, -0.25) is 4.79 Å². The molecule has 1 aromatic carbocycles. The van der Waals surface area contributed by atoms with Gasteiger partial charge in [0.05, 0.1) is 5.56 Å². The molecule has 21 heavy (non-hydrogen) atoms. The number of carbonyl (C=O) groups is 2. The molecule has 110 valence electrons. The molecular weight excluding hydrogens is 354 g/mol. The maximum atomic E-state index is 12.3. The summed E-state index contributed by atoms with van der Waals surface area (Å²) in [6, 6.07) is 5.34. The summed E-state index contributed by atoms with van der Waals surface area (Å²) in [5, 5.41) is 12.4. The van der Waals surface area contributed by atoms with Crippen molar-refractivity contribution in [3.05, 3.63) is 49.8 Å². The van der Waals surface area contributed by atoms with E-state index >= 15 is 0 Å². The molecule has 0 aliphatic rings. The number of carbonyl (C=O) groups excluding carboxylic acids is 1. The predicted octanol–water partition coefficient (Wildman–Crippen LogP) is 4.39. The van der Waals surface area contributed by atoms with Crippen molar-refractivity contribution in [1.82, 2.24) is 0 Å². The van der Waals surface area contributed by atoms with Crippen LogP contribution in [0.15, 0.2) is 22.7 Å². The van der Waals surface area contributed by atoms with Crippen molar-refractivity contribution in [2.45, 2.75) is 20.8 Å². The average molecular weight is 368 g/mol. The number of thiophene rings is 1. The van der Waals surface area contributed by atoms with E-state index < -0.39 is 5.97 Å². The number of amides is 1. The maximum absolute atomic E-state index is 12.3. The van der Waals surface area contributed by atoms with Gasteiger partial charge in [0.2, 0.25) is 0 Å². The zero-order chi connectivity index (χ0) is 15.7. The summed E-state index contributed by atoms with van der Waals surface area (Å²) in [4.78, 5) is 24.5. The minimum Gasteiger partial charge on any atom is -0.478 e. The number of aromatic carboxylic acids is 1. The van der Waals surface area contributed by atoms with E-state index in [1.807, 2.05) is 19.9 Å². The van der Waals surface area contributed by atoms with E-state index in [-0.39, 0.29) is 11.5 Å². The first-order chi connectivity index (χ1) is 9.81. The Morgan fingerprint density at radius 3 is 2.48 bits per heavy atom. The first-order valence-electron chi connectivity index (χ1n) is 6.22. The third kappa shape index (κ3) is 3.16. The van der Waals surface area contributed by atoms with Gasteiger partial charge in [0.1, 0.15) is 5.00 Å². The molecule has 0 unspecified atom stereocenters. The summed E-state index contributed by atoms with van der Waals surface area (Å²) >= 11 is 4.63. The highest BCUT2D eigenvalue weighted by Gasteiger charge is 2.21. The van der Waals surface area contributed by atoms with E-state index in [0.29, 0.717) is 16.1 Å². The summed E-state index contributed by atoms with van der Waals surface area (Å²) in [6.45, 7) is 5.42. The van der Waals surface area contributed by atoms with Gasteiger partial charge in [-0.1, -0.05) is 15.9 Å². The average Bonchev–Trinajstić information content (AvgIpc) is 2.64. The molecule has 0 bridgehead atoms. The van der Waals surface area contributed by atoms with E-state index in [9.17, 15) is 14.7 Å². The first-order valence-corrected chi connectivity index (χ1v) is 7.83. The summed E-state index contributed by atoms with van der Waals surface area (Å²) in [7, 11) is 0. The number of rotatable bonds is 3. The molecule has 0 atom stereocenters. The topological polar surface area (TPSA) is 66.4 Å². The van der Waals surface area contributed by atoms with Crippen molar-refractivity contribution in [2.24, 2.45) is 0 Å². The van der Waals surface area contributed by atoms with Crippen LogP contribution in [0.25, 0.3) is 0 Å². The zero-order valence-electron chi connectivity index (χ0n) is 11.8. The second-order valence-electron chi connectivity index (χ2n) is 4.71. The lowest BCUT2D eigenvalue weighted by molar-refractivity contribution is 0.0697. The standard InChI is InChI=1S/C15H14BrNO3S/c1-7-6-10(16)4-5-11(7)13(18)17-14-12(15(19)20)8(2)9(3)21-14/h4-6H,1-3H3,(H,17,18)(H,19,20). The van der Waals surface area contributed by atoms with Crippen LogP contribution in [0, 0.1) is 20.8 Å². The van der Waals surface area contributed by atoms with Crippen molar-refractivity contribution in [2.75, 3.05) is 5.32 Å². The molecule has 1 amide bonds. The lowest BCUT2D eigenvalue weighted by atomic mass is 10.1. The molecule has 0 saturated carbocycles. The number of hydrogen-bond acceptors (Lipinski definition) is 3. The molecule has 2 aromatic rings. The number of hydrogen-bond donors (Lipinski definition) is 2. The van der Waals surface area contributed by atoms with Gasteiger partial charge in [-0.2, -0.15) is 0 Å². The van der Waals surface area contributed by atoms with Gasteiger partial charge in [0.25, 0.3) is 5.91 Å². The zero-order valence-corrected chi connectivity index (χ0v) is 14.2. The molecule has 0 radical (unpaired) electrons. The Bertz CT molecular complexity index is 737. The van der Waals surface area contributed by atoms with E-state index in [1.165, 1.54) is 11.3 Å². The quantitative estimate of drug-likeness (QED) is 0.845. The summed E-state index contributed by atoms with van der Waals surface area (Å²) in [6.07, 6.45) is 0. The van der Waals surface area contributed by atoms with Crippen LogP contribution < -0.4 is 5.32 Å². The highest BCUT2D eigenvalue weighted by molar-refractivity contribution is 9.10. The minimum absolute atomic E-state index is 0.167. The second-order valence-corrected chi connectivity index (χ2v) is 6.85. The first kappa shape index (κ1) is 15.7. The number of anilines is 1. The number of nitrogens with one attached hydrogen (secondary N) is 1. The van der Waals surface area contributed by atoms with Crippen molar-refractivity contribution in [3.8, 4) is 0 Å². The number of aryl methyl sites for hydroxylation is 2. The van der Waals surface area contributed by atoms with Crippen molar-refractivity contribution >= 4 is 44.1 Å². The highest BCUT2D eigenvalue weighted by Crippen LogP contribution is 2.33. The van der Waals surface area contributed by atoms with Crippen LogP contribution in [-0.2, 0) is 0 Å². The van der Waals surface area contributed by atoms with E-state index in [1.54, 1.807) is 19.1 Å². The van der Waals surface area contributed by atoms with Crippen LogP contribution in [0.1, 0.15) is 36.7 Å². The Morgan fingerprint density at radius 1 is 1.24 bits per heavy atom. The van der Waals surface area contributed by atoms with E-state index in [0.717, 1.165) is 14.9 Å². The molecule has 1 heterocycles. The molecule has 4 nitrogen and oxygen atoms in total. The second kappa shape index (κ2) is 5.99. The fraction of sp³-hybridized carbons (Fsp3) is 0.200. The molecule has 0 fully saturated rings. The molecule has 6 heteroatoms. The Morgan fingerprint density at radius 2 is 1.90 bits per heavy atom. The molecule has 2 N–H and O–H groups in total. The van der Waals surface area contributed by atoms with Gasteiger partial charge >= 0.3 is 5.97 Å². The van der Waals surface area contributed by atoms with Gasteiger partial charge in [-0.25, -0.2) is 4.79 Å². The maximum Gasteiger partial charge on any atom is 0.338 e. The molecule has 2 rings (SSSR count). The Labute approximate surface area is 134 Å². The number of carboxylic acid groups (broad SMARTS) is 1. The number of carboxylic acids is 1.